The number of nitrogens with zero attached hydrogens (tertiary/aromatic N) is 1. The van der Waals surface area contributed by atoms with Crippen molar-refractivity contribution in [3.8, 4) is 6.07 Å². The van der Waals surface area contributed by atoms with Crippen molar-refractivity contribution < 1.29 is 22.7 Å². The SMILES string of the molecule is C[C@](C#N)(NC(=O)COC(=O)c1ccc(CS(C)(=O)=O)cc1)C1CC1. The number of hydrogen-bond acceptors (Lipinski definition) is 6. The number of sulfone groups is 1. The van der Waals surface area contributed by atoms with E-state index in [1.165, 1.54) is 24.3 Å². The fourth-order valence-corrected chi connectivity index (χ4v) is 3.26. The molecule has 1 aliphatic rings. The van der Waals surface area contributed by atoms with Crippen LogP contribution in [0.25, 0.3) is 0 Å². The van der Waals surface area contributed by atoms with Crippen LogP contribution in [0.3, 0.4) is 0 Å². The van der Waals surface area contributed by atoms with Gasteiger partial charge in [0.2, 0.25) is 0 Å². The highest BCUT2D eigenvalue weighted by atomic mass is 32.2. The minimum Gasteiger partial charge on any atom is -0.452 e. The summed E-state index contributed by atoms with van der Waals surface area (Å²) in [7, 11) is -3.15. The zero-order valence-electron chi connectivity index (χ0n) is 14.1. The van der Waals surface area contributed by atoms with Crippen LogP contribution in [0.15, 0.2) is 24.3 Å². The molecule has 1 aromatic rings. The van der Waals surface area contributed by atoms with Gasteiger partial charge in [0.15, 0.2) is 16.4 Å². The minimum atomic E-state index is -3.15. The molecule has 2 rings (SSSR count). The topological polar surface area (TPSA) is 113 Å². The predicted molar refractivity (Wildman–Crippen MR) is 90.2 cm³/mol. The molecule has 1 N–H and O–H groups in total. The van der Waals surface area contributed by atoms with Gasteiger partial charge in [0, 0.05) is 6.26 Å². The summed E-state index contributed by atoms with van der Waals surface area (Å²) in [4.78, 5) is 23.8. The van der Waals surface area contributed by atoms with Crippen LogP contribution >= 0.6 is 0 Å². The molecule has 0 heterocycles. The van der Waals surface area contributed by atoms with E-state index in [9.17, 15) is 23.3 Å². The molecule has 1 aliphatic carbocycles. The monoisotopic (exact) mass is 364 g/mol. The molecule has 1 fully saturated rings. The molecule has 0 aliphatic heterocycles. The van der Waals surface area contributed by atoms with E-state index < -0.39 is 33.9 Å². The molecule has 1 aromatic carbocycles. The lowest BCUT2D eigenvalue weighted by Gasteiger charge is -2.22. The Morgan fingerprint density at radius 3 is 2.40 bits per heavy atom. The Bertz CT molecular complexity index is 806. The van der Waals surface area contributed by atoms with Crippen molar-refractivity contribution in [2.45, 2.75) is 31.1 Å². The van der Waals surface area contributed by atoms with Crippen molar-refractivity contribution in [1.29, 1.82) is 5.26 Å². The number of ether oxygens (including phenoxy) is 1. The van der Waals surface area contributed by atoms with Crippen LogP contribution < -0.4 is 5.32 Å². The lowest BCUT2D eigenvalue weighted by molar-refractivity contribution is -0.125. The highest BCUT2D eigenvalue weighted by molar-refractivity contribution is 7.89. The average Bonchev–Trinajstić information content (AvgIpc) is 3.37. The third-order valence-electron chi connectivity index (χ3n) is 3.98. The molecule has 0 spiro atoms. The second kappa shape index (κ2) is 7.23. The molecule has 25 heavy (non-hydrogen) atoms. The highest BCUT2D eigenvalue weighted by Gasteiger charge is 2.43. The van der Waals surface area contributed by atoms with Gasteiger partial charge in [0.05, 0.1) is 17.4 Å². The summed E-state index contributed by atoms with van der Waals surface area (Å²) in [5.74, 6) is -1.19. The van der Waals surface area contributed by atoms with Crippen molar-refractivity contribution in [2.24, 2.45) is 5.92 Å². The van der Waals surface area contributed by atoms with Crippen LogP contribution in [-0.4, -0.2) is 38.7 Å². The van der Waals surface area contributed by atoms with E-state index in [1.54, 1.807) is 6.92 Å². The van der Waals surface area contributed by atoms with Gasteiger partial charge in [-0.15, -0.1) is 0 Å². The van der Waals surface area contributed by atoms with Crippen molar-refractivity contribution in [1.82, 2.24) is 5.32 Å². The molecule has 0 radical (unpaired) electrons. The van der Waals surface area contributed by atoms with E-state index in [0.29, 0.717) is 5.56 Å². The lowest BCUT2D eigenvalue weighted by atomic mass is 9.98. The van der Waals surface area contributed by atoms with E-state index in [2.05, 4.69) is 11.4 Å². The molecule has 0 saturated heterocycles. The Kier molecular flexibility index (Phi) is 5.48. The van der Waals surface area contributed by atoms with Gasteiger partial charge >= 0.3 is 5.97 Å². The molecule has 1 saturated carbocycles. The molecule has 1 atom stereocenters. The van der Waals surface area contributed by atoms with Gasteiger partial charge in [-0.2, -0.15) is 5.26 Å². The molecule has 134 valence electrons. The number of rotatable bonds is 7. The van der Waals surface area contributed by atoms with Gasteiger partial charge in [0.1, 0.15) is 5.54 Å². The second-order valence-electron chi connectivity index (χ2n) is 6.48. The molecular weight excluding hydrogens is 344 g/mol. The van der Waals surface area contributed by atoms with Crippen LogP contribution in [0.2, 0.25) is 0 Å². The fourth-order valence-electron chi connectivity index (χ4n) is 2.46. The number of hydrogen-bond donors (Lipinski definition) is 1. The Hall–Kier alpha value is -2.40. The number of carbonyl (C=O) groups excluding carboxylic acids is 2. The maximum absolute atomic E-state index is 11.9. The maximum atomic E-state index is 11.9. The Balaban J connectivity index is 1.87. The fraction of sp³-hybridized carbons (Fsp3) is 0.471. The summed E-state index contributed by atoms with van der Waals surface area (Å²) in [6.07, 6.45) is 2.92. The standard InChI is InChI=1S/C17H20N2O5S/c1-17(11-18,14-7-8-14)19-15(20)9-24-16(21)13-5-3-12(4-6-13)10-25(2,22)23/h3-6,14H,7-10H2,1-2H3,(H,19,20)/t17-/m1/s1. The Morgan fingerprint density at radius 1 is 1.32 bits per heavy atom. The number of benzene rings is 1. The summed E-state index contributed by atoms with van der Waals surface area (Å²) in [6.45, 7) is 1.18. The summed E-state index contributed by atoms with van der Waals surface area (Å²) < 4.78 is 27.4. The average molecular weight is 364 g/mol. The van der Waals surface area contributed by atoms with Gasteiger partial charge in [-0.1, -0.05) is 12.1 Å². The van der Waals surface area contributed by atoms with Gasteiger partial charge < -0.3 is 10.1 Å². The zero-order chi connectivity index (χ0) is 18.7. The number of carbonyl (C=O) groups is 2. The summed E-state index contributed by atoms with van der Waals surface area (Å²) in [5.41, 5.74) is -0.155. The first kappa shape index (κ1) is 18.9. The van der Waals surface area contributed by atoms with Crippen LogP contribution in [0.5, 0.6) is 0 Å². The number of amides is 1. The minimum absolute atomic E-state index is 0.112. The number of nitriles is 1. The van der Waals surface area contributed by atoms with Crippen LogP contribution in [0.4, 0.5) is 0 Å². The molecule has 8 heteroatoms. The smallest absolute Gasteiger partial charge is 0.338 e. The van der Waals surface area contributed by atoms with Gasteiger partial charge in [-0.25, -0.2) is 13.2 Å². The van der Waals surface area contributed by atoms with Crippen molar-refractivity contribution in [3.63, 3.8) is 0 Å². The lowest BCUT2D eigenvalue weighted by Crippen LogP contribution is -2.48. The predicted octanol–water partition coefficient (Wildman–Crippen LogP) is 1.20. The van der Waals surface area contributed by atoms with Crippen LogP contribution in [0.1, 0.15) is 35.7 Å². The summed E-state index contributed by atoms with van der Waals surface area (Å²) in [5, 5.41) is 11.8. The van der Waals surface area contributed by atoms with Gasteiger partial charge in [-0.05, 0) is 43.4 Å². The van der Waals surface area contributed by atoms with E-state index in [0.717, 1.165) is 19.1 Å². The molecular formula is C17H20N2O5S. The number of nitrogens with one attached hydrogen (secondary N) is 1. The van der Waals surface area contributed by atoms with Crippen LogP contribution in [-0.2, 0) is 25.1 Å². The maximum Gasteiger partial charge on any atom is 0.338 e. The second-order valence-corrected chi connectivity index (χ2v) is 8.62. The molecule has 1 amide bonds. The summed E-state index contributed by atoms with van der Waals surface area (Å²) in [6, 6.07) is 8.04. The van der Waals surface area contributed by atoms with E-state index in [1.807, 2.05) is 0 Å². The normalized spacial score (nSPS) is 16.4. The molecule has 7 nitrogen and oxygen atoms in total. The largest absolute Gasteiger partial charge is 0.452 e. The highest BCUT2D eigenvalue weighted by Crippen LogP contribution is 2.39. The quantitative estimate of drug-likeness (QED) is 0.727. The van der Waals surface area contributed by atoms with Gasteiger partial charge in [-0.3, -0.25) is 4.79 Å². The molecule has 0 bridgehead atoms. The summed E-state index contributed by atoms with van der Waals surface area (Å²) >= 11 is 0. The zero-order valence-corrected chi connectivity index (χ0v) is 14.9. The first-order valence-corrected chi connectivity index (χ1v) is 9.85. The number of esters is 1. The van der Waals surface area contributed by atoms with Crippen molar-refractivity contribution in [2.75, 3.05) is 12.9 Å². The Labute approximate surface area is 146 Å². The van der Waals surface area contributed by atoms with E-state index in [-0.39, 0.29) is 17.2 Å². The third kappa shape index (κ3) is 5.57. The first-order chi connectivity index (χ1) is 11.6. The first-order valence-electron chi connectivity index (χ1n) is 7.79. The molecule has 0 aromatic heterocycles. The van der Waals surface area contributed by atoms with E-state index in [4.69, 9.17) is 4.74 Å². The molecule has 0 unspecified atom stereocenters. The Morgan fingerprint density at radius 2 is 1.92 bits per heavy atom. The third-order valence-corrected chi connectivity index (χ3v) is 4.84. The van der Waals surface area contributed by atoms with Gasteiger partial charge in [0.25, 0.3) is 5.91 Å². The van der Waals surface area contributed by atoms with Crippen molar-refractivity contribution in [3.05, 3.63) is 35.4 Å². The van der Waals surface area contributed by atoms with Crippen molar-refractivity contribution >= 4 is 21.7 Å². The van der Waals surface area contributed by atoms with Crippen LogP contribution in [0, 0.1) is 17.2 Å². The van der Waals surface area contributed by atoms with E-state index >= 15 is 0 Å².